The van der Waals surface area contributed by atoms with Crippen molar-refractivity contribution < 1.29 is 14.3 Å². The Morgan fingerprint density at radius 1 is 1.42 bits per heavy atom. The van der Waals surface area contributed by atoms with Crippen molar-refractivity contribution >= 4 is 50.9 Å². The molecular weight excluding hydrogens is 332 g/mol. The zero-order chi connectivity index (χ0) is 14.3. The maximum atomic E-state index is 11.7. The van der Waals surface area contributed by atoms with E-state index >= 15 is 0 Å². The van der Waals surface area contributed by atoms with Gasteiger partial charge in [0.15, 0.2) is 0 Å². The van der Waals surface area contributed by atoms with Crippen LogP contribution in [0.15, 0.2) is 22.7 Å². The van der Waals surface area contributed by atoms with Gasteiger partial charge in [-0.2, -0.15) is 0 Å². The molecular formula is C12H15BrN2O3S. The molecule has 0 aromatic heterocycles. The molecule has 1 aromatic rings. The fourth-order valence-corrected chi connectivity index (χ4v) is 2.35. The van der Waals surface area contributed by atoms with Crippen LogP contribution in [0.5, 0.6) is 0 Å². The highest BCUT2D eigenvalue weighted by Crippen LogP contribution is 2.24. The molecule has 0 aliphatic rings. The molecule has 0 heterocycles. The lowest BCUT2D eigenvalue weighted by molar-refractivity contribution is -0.139. The first-order valence-electron chi connectivity index (χ1n) is 5.61. The lowest BCUT2D eigenvalue weighted by atomic mass is 10.3. The van der Waals surface area contributed by atoms with Crippen LogP contribution in [0.25, 0.3) is 0 Å². The number of amides is 1. The van der Waals surface area contributed by atoms with Crippen LogP contribution in [0.1, 0.15) is 6.92 Å². The van der Waals surface area contributed by atoms with Crippen molar-refractivity contribution in [3.63, 3.8) is 0 Å². The number of hydrogen-bond donors (Lipinski definition) is 2. The van der Waals surface area contributed by atoms with Gasteiger partial charge >= 0.3 is 5.97 Å². The molecule has 19 heavy (non-hydrogen) atoms. The van der Waals surface area contributed by atoms with Crippen molar-refractivity contribution in [1.29, 1.82) is 0 Å². The molecule has 0 spiro atoms. The van der Waals surface area contributed by atoms with Gasteiger partial charge in [0.25, 0.3) is 0 Å². The second-order valence-corrected chi connectivity index (χ2v) is 5.43. The first-order chi connectivity index (χ1) is 9.02. The molecule has 0 aliphatic carbocycles. The Morgan fingerprint density at radius 3 is 2.79 bits per heavy atom. The van der Waals surface area contributed by atoms with Crippen LogP contribution in [0.4, 0.5) is 11.4 Å². The van der Waals surface area contributed by atoms with Crippen LogP contribution in [0.3, 0.4) is 0 Å². The summed E-state index contributed by atoms with van der Waals surface area (Å²) in [7, 11) is 0. The second kappa shape index (κ2) is 8.06. The monoisotopic (exact) mass is 346 g/mol. The van der Waals surface area contributed by atoms with Crippen LogP contribution in [-0.2, 0) is 14.3 Å². The number of nitrogens with one attached hydrogen (secondary N) is 1. The summed E-state index contributed by atoms with van der Waals surface area (Å²) in [5.41, 5.74) is 6.86. The fourth-order valence-electron chi connectivity index (χ4n) is 1.25. The Hall–Kier alpha value is -1.21. The lowest BCUT2D eigenvalue weighted by Crippen LogP contribution is -2.16. The van der Waals surface area contributed by atoms with Gasteiger partial charge in [-0.3, -0.25) is 9.59 Å². The van der Waals surface area contributed by atoms with Crippen molar-refractivity contribution in [1.82, 2.24) is 0 Å². The molecule has 0 bridgehead atoms. The minimum atomic E-state index is -0.311. The van der Waals surface area contributed by atoms with E-state index in [1.165, 1.54) is 11.8 Å². The zero-order valence-electron chi connectivity index (χ0n) is 10.4. The number of nitrogens with two attached hydrogens (primary N) is 1. The number of thioether (sulfide) groups is 1. The van der Waals surface area contributed by atoms with Gasteiger partial charge in [0.05, 0.1) is 23.8 Å². The van der Waals surface area contributed by atoms with E-state index in [9.17, 15) is 9.59 Å². The Bertz CT molecular complexity index is 468. The zero-order valence-corrected chi connectivity index (χ0v) is 12.8. The number of rotatable bonds is 6. The standard InChI is InChI=1S/C12H15BrN2O3S/c1-2-18-12(17)7-19-6-11(16)15-10-4-3-8(14)5-9(10)13/h3-5H,2,6-7,14H2,1H3,(H,15,16). The highest BCUT2D eigenvalue weighted by Gasteiger charge is 2.08. The molecule has 0 saturated carbocycles. The second-order valence-electron chi connectivity index (χ2n) is 3.59. The summed E-state index contributed by atoms with van der Waals surface area (Å²) >= 11 is 4.52. The summed E-state index contributed by atoms with van der Waals surface area (Å²) in [6, 6.07) is 5.13. The third-order valence-electron chi connectivity index (χ3n) is 2.03. The van der Waals surface area contributed by atoms with Crippen LogP contribution in [0, 0.1) is 0 Å². The first kappa shape index (κ1) is 15.8. The minimum Gasteiger partial charge on any atom is -0.465 e. The summed E-state index contributed by atoms with van der Waals surface area (Å²) in [6.07, 6.45) is 0. The van der Waals surface area contributed by atoms with Crippen LogP contribution >= 0.6 is 27.7 Å². The molecule has 104 valence electrons. The van der Waals surface area contributed by atoms with Crippen molar-refractivity contribution in [2.45, 2.75) is 6.92 Å². The molecule has 5 nitrogen and oxygen atoms in total. The molecule has 0 fully saturated rings. The highest BCUT2D eigenvalue weighted by atomic mass is 79.9. The van der Waals surface area contributed by atoms with Gasteiger partial charge in [-0.25, -0.2) is 0 Å². The summed E-state index contributed by atoms with van der Waals surface area (Å²) in [4.78, 5) is 22.7. The number of benzene rings is 1. The van der Waals surface area contributed by atoms with Crippen LogP contribution in [-0.4, -0.2) is 30.0 Å². The van der Waals surface area contributed by atoms with E-state index in [2.05, 4.69) is 21.2 Å². The predicted octanol–water partition coefficient (Wildman–Crippen LogP) is 2.27. The molecule has 7 heteroatoms. The van der Waals surface area contributed by atoms with E-state index < -0.39 is 0 Å². The van der Waals surface area contributed by atoms with Crippen molar-refractivity contribution in [3.8, 4) is 0 Å². The largest absolute Gasteiger partial charge is 0.465 e. The number of halogens is 1. The predicted molar refractivity (Wildman–Crippen MR) is 81.1 cm³/mol. The summed E-state index contributed by atoms with van der Waals surface area (Å²) < 4.78 is 5.48. The fraction of sp³-hybridized carbons (Fsp3) is 0.333. The topological polar surface area (TPSA) is 81.4 Å². The number of anilines is 2. The summed E-state index contributed by atoms with van der Waals surface area (Å²) in [5, 5.41) is 2.73. The van der Waals surface area contributed by atoms with E-state index in [1.807, 2.05) is 0 Å². The normalized spacial score (nSPS) is 10.0. The van der Waals surface area contributed by atoms with E-state index in [4.69, 9.17) is 10.5 Å². The SMILES string of the molecule is CCOC(=O)CSCC(=O)Nc1ccc(N)cc1Br. The molecule has 1 rings (SSSR count). The van der Waals surface area contributed by atoms with Gasteiger partial charge in [-0.1, -0.05) is 0 Å². The molecule has 3 N–H and O–H groups in total. The van der Waals surface area contributed by atoms with Crippen molar-refractivity contribution in [2.75, 3.05) is 29.2 Å². The van der Waals surface area contributed by atoms with Crippen LogP contribution < -0.4 is 11.1 Å². The summed E-state index contributed by atoms with van der Waals surface area (Å²) in [6.45, 7) is 2.10. The van der Waals surface area contributed by atoms with Gasteiger partial charge in [0.1, 0.15) is 0 Å². The quantitative estimate of drug-likeness (QED) is 0.609. The Labute approximate surface area is 124 Å². The van der Waals surface area contributed by atoms with E-state index in [1.54, 1.807) is 25.1 Å². The number of carbonyl (C=O) groups excluding carboxylic acids is 2. The third kappa shape index (κ3) is 5.98. The van der Waals surface area contributed by atoms with Crippen molar-refractivity contribution in [2.24, 2.45) is 0 Å². The maximum Gasteiger partial charge on any atom is 0.315 e. The molecule has 0 saturated heterocycles. The number of carbonyl (C=O) groups is 2. The van der Waals surface area contributed by atoms with Gasteiger partial charge < -0.3 is 15.8 Å². The maximum absolute atomic E-state index is 11.7. The Kier molecular flexibility index (Phi) is 6.72. The van der Waals surface area contributed by atoms with Gasteiger partial charge in [0.2, 0.25) is 5.91 Å². The number of hydrogen-bond acceptors (Lipinski definition) is 5. The smallest absolute Gasteiger partial charge is 0.315 e. The van der Waals surface area contributed by atoms with Gasteiger partial charge in [-0.15, -0.1) is 11.8 Å². The third-order valence-corrected chi connectivity index (χ3v) is 3.59. The van der Waals surface area contributed by atoms with Crippen molar-refractivity contribution in [3.05, 3.63) is 22.7 Å². The first-order valence-corrected chi connectivity index (χ1v) is 7.56. The lowest BCUT2D eigenvalue weighted by Gasteiger charge is -2.07. The number of ether oxygens (including phenoxy) is 1. The average molecular weight is 347 g/mol. The highest BCUT2D eigenvalue weighted by molar-refractivity contribution is 9.10. The Morgan fingerprint density at radius 2 is 2.16 bits per heavy atom. The van der Waals surface area contributed by atoms with Gasteiger partial charge in [-0.05, 0) is 41.1 Å². The Balaban J connectivity index is 2.37. The van der Waals surface area contributed by atoms with Crippen LogP contribution in [0.2, 0.25) is 0 Å². The molecule has 1 aromatic carbocycles. The molecule has 0 radical (unpaired) electrons. The van der Waals surface area contributed by atoms with Gasteiger partial charge in [0, 0.05) is 10.2 Å². The molecule has 1 amide bonds. The molecule has 0 atom stereocenters. The number of nitrogen functional groups attached to an aromatic ring is 1. The van der Waals surface area contributed by atoms with E-state index in [-0.39, 0.29) is 23.4 Å². The molecule has 0 aliphatic heterocycles. The minimum absolute atomic E-state index is 0.171. The molecule has 0 unspecified atom stereocenters. The average Bonchev–Trinajstić information content (AvgIpc) is 2.33. The number of esters is 1. The van der Waals surface area contributed by atoms with E-state index in [0.29, 0.717) is 18.0 Å². The van der Waals surface area contributed by atoms with E-state index in [0.717, 1.165) is 4.47 Å². The summed E-state index contributed by atoms with van der Waals surface area (Å²) in [5.74, 6) is -0.131.